The molecule has 21 heavy (non-hydrogen) atoms. The van der Waals surface area contributed by atoms with Crippen molar-refractivity contribution in [3.8, 4) is 5.75 Å². The molecule has 1 aromatic carbocycles. The van der Waals surface area contributed by atoms with Gasteiger partial charge in [-0.15, -0.1) is 0 Å². The fourth-order valence-corrected chi connectivity index (χ4v) is 2.75. The van der Waals surface area contributed by atoms with Crippen molar-refractivity contribution in [2.45, 2.75) is 0 Å². The Labute approximate surface area is 119 Å². The first-order valence-electron chi connectivity index (χ1n) is 6.44. The quantitative estimate of drug-likeness (QED) is 0.580. The van der Waals surface area contributed by atoms with E-state index in [1.165, 1.54) is 12.4 Å². The molecular weight excluding hydrogens is 268 g/mol. The van der Waals surface area contributed by atoms with Gasteiger partial charge in [-0.05, 0) is 18.2 Å². The van der Waals surface area contributed by atoms with E-state index >= 15 is 0 Å². The average molecular weight is 278 g/mol. The number of hydrogen-bond donors (Lipinski definition) is 1. The van der Waals surface area contributed by atoms with Gasteiger partial charge in [0.2, 0.25) is 5.78 Å². The number of ketones is 2. The molecule has 3 aromatic rings. The van der Waals surface area contributed by atoms with Crippen LogP contribution in [0.2, 0.25) is 0 Å². The number of hydrogen-bond acceptors (Lipinski definition) is 4. The Bertz CT molecular complexity index is 924. The van der Waals surface area contributed by atoms with Crippen molar-refractivity contribution in [2.75, 3.05) is 7.11 Å². The van der Waals surface area contributed by atoms with Gasteiger partial charge in [-0.1, -0.05) is 0 Å². The summed E-state index contributed by atoms with van der Waals surface area (Å²) < 4.78 is 5.17. The van der Waals surface area contributed by atoms with Crippen LogP contribution >= 0.6 is 0 Å². The second-order valence-electron chi connectivity index (χ2n) is 4.87. The summed E-state index contributed by atoms with van der Waals surface area (Å²) in [5.41, 5.74) is 2.20. The first kappa shape index (κ1) is 11.8. The van der Waals surface area contributed by atoms with E-state index in [-0.39, 0.29) is 11.6 Å². The van der Waals surface area contributed by atoms with Gasteiger partial charge in [0.1, 0.15) is 5.75 Å². The molecule has 4 rings (SSSR count). The summed E-state index contributed by atoms with van der Waals surface area (Å²) in [6.07, 6.45) is 2.96. The third-order valence-corrected chi connectivity index (χ3v) is 3.77. The van der Waals surface area contributed by atoms with Gasteiger partial charge in [-0.3, -0.25) is 14.6 Å². The van der Waals surface area contributed by atoms with Crippen molar-refractivity contribution in [1.29, 1.82) is 0 Å². The van der Waals surface area contributed by atoms with Gasteiger partial charge in [0, 0.05) is 29.4 Å². The zero-order chi connectivity index (χ0) is 14.6. The van der Waals surface area contributed by atoms with E-state index in [0.717, 1.165) is 5.39 Å². The highest BCUT2D eigenvalue weighted by atomic mass is 16.5. The number of nitrogens with one attached hydrogen (secondary N) is 1. The third-order valence-electron chi connectivity index (χ3n) is 3.77. The van der Waals surface area contributed by atoms with Crippen molar-refractivity contribution in [2.24, 2.45) is 0 Å². The minimum atomic E-state index is -0.183. The van der Waals surface area contributed by atoms with E-state index in [2.05, 4.69) is 9.97 Å². The summed E-state index contributed by atoms with van der Waals surface area (Å²) in [6, 6.07) is 6.91. The molecule has 1 aliphatic rings. The van der Waals surface area contributed by atoms with Crippen LogP contribution in [0.25, 0.3) is 10.9 Å². The van der Waals surface area contributed by atoms with Crippen molar-refractivity contribution in [3.05, 3.63) is 59.0 Å². The molecule has 1 N–H and O–H groups in total. The second kappa shape index (κ2) is 4.02. The zero-order valence-corrected chi connectivity index (χ0v) is 11.1. The standard InChI is InChI=1S/C16H10N2O3/c1-21-8-2-3-10-12(6-8)18-14-13(10)15(19)11-7-17-5-4-9(11)16(14)20/h2-7,18H,1H3. The molecule has 0 bridgehead atoms. The van der Waals surface area contributed by atoms with Crippen LogP contribution in [0.4, 0.5) is 0 Å². The normalized spacial score (nSPS) is 13.2. The van der Waals surface area contributed by atoms with Gasteiger partial charge in [0.05, 0.1) is 29.4 Å². The first-order chi connectivity index (χ1) is 10.2. The summed E-state index contributed by atoms with van der Waals surface area (Å²) in [4.78, 5) is 32.2. The van der Waals surface area contributed by atoms with Crippen LogP contribution in [0.5, 0.6) is 5.75 Å². The van der Waals surface area contributed by atoms with E-state index in [1.54, 1.807) is 31.4 Å². The number of pyridine rings is 1. The van der Waals surface area contributed by atoms with Gasteiger partial charge in [-0.2, -0.15) is 0 Å². The maximum atomic E-state index is 12.6. The van der Waals surface area contributed by atoms with Gasteiger partial charge < -0.3 is 9.72 Å². The number of aromatic nitrogens is 2. The van der Waals surface area contributed by atoms with Gasteiger partial charge >= 0.3 is 0 Å². The molecule has 0 aliphatic heterocycles. The molecule has 102 valence electrons. The monoisotopic (exact) mass is 278 g/mol. The summed E-state index contributed by atoms with van der Waals surface area (Å²) in [7, 11) is 1.57. The Morgan fingerprint density at radius 3 is 2.76 bits per heavy atom. The molecule has 1 aliphatic carbocycles. The molecule has 0 saturated carbocycles. The highest BCUT2D eigenvalue weighted by Gasteiger charge is 2.33. The molecule has 5 heteroatoms. The summed E-state index contributed by atoms with van der Waals surface area (Å²) in [5, 5.41) is 0.721. The van der Waals surface area contributed by atoms with Crippen molar-refractivity contribution < 1.29 is 14.3 Å². The van der Waals surface area contributed by atoms with E-state index in [9.17, 15) is 9.59 Å². The lowest BCUT2D eigenvalue weighted by Gasteiger charge is -2.13. The number of fused-ring (bicyclic) bond motifs is 4. The first-order valence-corrected chi connectivity index (χ1v) is 6.44. The number of benzene rings is 1. The van der Waals surface area contributed by atoms with Crippen LogP contribution < -0.4 is 4.74 Å². The number of carbonyl (C=O) groups excluding carboxylic acids is 2. The fraction of sp³-hybridized carbons (Fsp3) is 0.0625. The molecule has 2 aromatic heterocycles. The van der Waals surface area contributed by atoms with Crippen LogP contribution in [0.1, 0.15) is 32.0 Å². The number of methoxy groups -OCH3 is 1. The molecule has 0 radical (unpaired) electrons. The minimum absolute atomic E-state index is 0.177. The number of nitrogens with zero attached hydrogens (tertiary/aromatic N) is 1. The molecule has 2 heterocycles. The van der Waals surface area contributed by atoms with E-state index in [0.29, 0.717) is 33.7 Å². The van der Waals surface area contributed by atoms with Crippen LogP contribution in [0.15, 0.2) is 36.7 Å². The molecule has 0 amide bonds. The molecule has 0 spiro atoms. The maximum Gasteiger partial charge on any atom is 0.210 e. The predicted molar refractivity (Wildman–Crippen MR) is 76.0 cm³/mol. The zero-order valence-electron chi connectivity index (χ0n) is 11.1. The Morgan fingerprint density at radius 2 is 1.95 bits per heavy atom. The number of ether oxygens (including phenoxy) is 1. The fourth-order valence-electron chi connectivity index (χ4n) is 2.75. The lowest BCUT2D eigenvalue weighted by atomic mass is 9.88. The van der Waals surface area contributed by atoms with E-state index in [4.69, 9.17) is 4.74 Å². The van der Waals surface area contributed by atoms with Crippen LogP contribution in [0, 0.1) is 0 Å². The Balaban J connectivity index is 2.05. The molecular formula is C16H10N2O3. The number of rotatable bonds is 1. The van der Waals surface area contributed by atoms with Crippen molar-refractivity contribution in [3.63, 3.8) is 0 Å². The van der Waals surface area contributed by atoms with Crippen molar-refractivity contribution in [1.82, 2.24) is 9.97 Å². The van der Waals surface area contributed by atoms with Crippen LogP contribution in [0.3, 0.4) is 0 Å². The number of H-pyrrole nitrogens is 1. The second-order valence-corrected chi connectivity index (χ2v) is 4.87. The topological polar surface area (TPSA) is 72.1 Å². The summed E-state index contributed by atoms with van der Waals surface area (Å²) in [6.45, 7) is 0. The lowest BCUT2D eigenvalue weighted by molar-refractivity contribution is 0.0977. The molecule has 0 fully saturated rings. The third kappa shape index (κ3) is 1.48. The predicted octanol–water partition coefficient (Wildman–Crippen LogP) is 2.35. The highest BCUT2D eigenvalue weighted by Crippen LogP contribution is 2.33. The summed E-state index contributed by atoms with van der Waals surface area (Å²) >= 11 is 0. The number of carbonyl (C=O) groups is 2. The maximum absolute atomic E-state index is 12.6. The van der Waals surface area contributed by atoms with E-state index in [1.807, 2.05) is 0 Å². The number of aromatic amines is 1. The molecule has 0 unspecified atom stereocenters. The van der Waals surface area contributed by atoms with Crippen molar-refractivity contribution >= 4 is 22.5 Å². The highest BCUT2D eigenvalue weighted by molar-refractivity contribution is 6.31. The molecule has 5 nitrogen and oxygen atoms in total. The van der Waals surface area contributed by atoms with E-state index < -0.39 is 0 Å². The largest absolute Gasteiger partial charge is 0.497 e. The van der Waals surface area contributed by atoms with Crippen LogP contribution in [-0.4, -0.2) is 28.6 Å². The minimum Gasteiger partial charge on any atom is -0.497 e. The Kier molecular flexibility index (Phi) is 2.27. The average Bonchev–Trinajstić information content (AvgIpc) is 2.91. The molecule has 0 saturated heterocycles. The van der Waals surface area contributed by atoms with Gasteiger partial charge in [0.15, 0.2) is 5.78 Å². The summed E-state index contributed by atoms with van der Waals surface area (Å²) in [5.74, 6) is 0.307. The van der Waals surface area contributed by atoms with Crippen LogP contribution in [-0.2, 0) is 0 Å². The van der Waals surface area contributed by atoms with Gasteiger partial charge in [0.25, 0.3) is 0 Å². The lowest BCUT2D eigenvalue weighted by Crippen LogP contribution is -2.20. The Hall–Kier alpha value is -2.95. The Morgan fingerprint density at radius 1 is 1.10 bits per heavy atom. The smallest absolute Gasteiger partial charge is 0.210 e. The van der Waals surface area contributed by atoms with Gasteiger partial charge in [-0.25, -0.2) is 0 Å². The molecule has 0 atom stereocenters. The SMILES string of the molecule is COc1ccc2c3c([nH]c2c1)C(=O)c1ccncc1C3=O.